The number of carboxylic acids is 1. The molecular weight excluding hydrogens is 587 g/mol. The van der Waals surface area contributed by atoms with E-state index >= 15 is 8.78 Å². The first-order chi connectivity index (χ1) is 21.5. The number of pyridine rings is 2. The lowest BCUT2D eigenvalue weighted by Crippen LogP contribution is -2.27. The van der Waals surface area contributed by atoms with Gasteiger partial charge >= 0.3 is 5.97 Å². The number of benzene rings is 2. The smallest absolute Gasteiger partial charge is 0.354 e. The zero-order chi connectivity index (χ0) is 31.9. The predicted molar refractivity (Wildman–Crippen MR) is 156 cm³/mol. The molecule has 6 rings (SSSR count). The molecule has 3 aromatic heterocycles. The average molecular weight is 614 g/mol. The minimum atomic E-state index is -1.19. The molecule has 9 nitrogen and oxygen atoms in total. The third-order valence-corrected chi connectivity index (χ3v) is 7.83. The summed E-state index contributed by atoms with van der Waals surface area (Å²) in [5.74, 6) is -2.76. The number of carboxylic acid groups (broad SMARTS) is 1. The van der Waals surface area contributed by atoms with E-state index in [0.29, 0.717) is 30.2 Å². The molecule has 0 spiro atoms. The number of nitriles is 1. The molecule has 1 atom stereocenters. The van der Waals surface area contributed by atoms with Gasteiger partial charge in [-0.1, -0.05) is 26.0 Å². The van der Waals surface area contributed by atoms with Crippen LogP contribution in [0.2, 0.25) is 0 Å². The second kappa shape index (κ2) is 11.7. The molecule has 0 radical (unpaired) electrons. The van der Waals surface area contributed by atoms with Crippen LogP contribution in [0.25, 0.3) is 22.4 Å². The molecule has 0 unspecified atom stereocenters. The Hall–Kier alpha value is -5.28. The summed E-state index contributed by atoms with van der Waals surface area (Å²) in [4.78, 5) is 24.9. The van der Waals surface area contributed by atoms with Crippen molar-refractivity contribution in [3.8, 4) is 23.2 Å². The van der Waals surface area contributed by atoms with E-state index in [2.05, 4.69) is 15.0 Å². The summed E-state index contributed by atoms with van der Waals surface area (Å²) in [7, 11) is 0. The Kier molecular flexibility index (Phi) is 7.72. The van der Waals surface area contributed by atoms with Crippen LogP contribution in [0.15, 0.2) is 60.7 Å². The number of aromatic nitrogens is 4. The zero-order valence-corrected chi connectivity index (χ0v) is 24.2. The first-order valence-electron chi connectivity index (χ1n) is 14.0. The van der Waals surface area contributed by atoms with Gasteiger partial charge in [0.05, 0.1) is 36.6 Å². The van der Waals surface area contributed by atoms with E-state index in [1.165, 1.54) is 30.3 Å². The molecule has 4 heterocycles. The summed E-state index contributed by atoms with van der Waals surface area (Å²) < 4.78 is 58.5. The molecule has 45 heavy (non-hydrogen) atoms. The summed E-state index contributed by atoms with van der Waals surface area (Å²) in [6, 6.07) is 15.2. The fourth-order valence-electron chi connectivity index (χ4n) is 5.39. The van der Waals surface area contributed by atoms with E-state index in [1.807, 2.05) is 19.9 Å². The van der Waals surface area contributed by atoms with Gasteiger partial charge in [0.2, 0.25) is 5.88 Å². The fourth-order valence-corrected chi connectivity index (χ4v) is 5.39. The van der Waals surface area contributed by atoms with Crippen LogP contribution in [0.1, 0.15) is 52.9 Å². The molecular formula is C33H26F3N5O4. The lowest BCUT2D eigenvalue weighted by Gasteiger charge is -2.27. The molecule has 1 fully saturated rings. The zero-order valence-electron chi connectivity index (χ0n) is 24.2. The van der Waals surface area contributed by atoms with Crippen molar-refractivity contribution in [1.29, 1.82) is 5.26 Å². The molecule has 228 valence electrons. The predicted octanol–water partition coefficient (Wildman–Crippen LogP) is 6.25. The molecule has 1 N–H and O–H groups in total. The molecule has 0 bridgehead atoms. The Bertz CT molecular complexity index is 2000. The highest BCUT2D eigenvalue weighted by Crippen LogP contribution is 2.40. The Balaban J connectivity index is 1.30. The van der Waals surface area contributed by atoms with E-state index in [-0.39, 0.29) is 64.0 Å². The van der Waals surface area contributed by atoms with Crippen molar-refractivity contribution in [2.75, 3.05) is 13.2 Å². The number of fused-ring (bicyclic) bond motifs is 1. The van der Waals surface area contributed by atoms with Crippen molar-refractivity contribution in [3.05, 3.63) is 106 Å². The Morgan fingerprint density at radius 1 is 1.04 bits per heavy atom. The number of carbonyl (C=O) groups is 1. The molecule has 1 saturated heterocycles. The molecule has 5 aromatic rings. The van der Waals surface area contributed by atoms with Gasteiger partial charge in [-0.25, -0.2) is 32.9 Å². The standard InChI is InChI=1S/C33H26F3N5O4/c1-33(2)17-44-16-28(33)41-29(38-26-8-9-27(32(42)43)40-31(26)41)12-20-11-24(36)21(13-23(20)35)25-4-3-5-30(39-25)45-15-19-7-6-18(14-37)10-22(19)34/h3-11,13,28H,12,15-17H2,1-2H3,(H,42,43)/t28-/m1/s1. The Morgan fingerprint density at radius 3 is 2.56 bits per heavy atom. The largest absolute Gasteiger partial charge is 0.477 e. The Labute approximate surface area is 255 Å². The average Bonchev–Trinajstić information content (AvgIpc) is 3.55. The highest BCUT2D eigenvalue weighted by atomic mass is 19.1. The summed E-state index contributed by atoms with van der Waals surface area (Å²) in [5, 5.41) is 18.4. The summed E-state index contributed by atoms with van der Waals surface area (Å²) in [6.45, 7) is 4.59. The van der Waals surface area contributed by atoms with Gasteiger partial charge in [0.15, 0.2) is 11.3 Å². The number of ether oxygens (including phenoxy) is 2. The Morgan fingerprint density at radius 2 is 1.84 bits per heavy atom. The number of halogens is 3. The molecule has 1 aliphatic rings. The third kappa shape index (κ3) is 5.82. The summed E-state index contributed by atoms with van der Waals surface area (Å²) >= 11 is 0. The van der Waals surface area contributed by atoms with Gasteiger partial charge in [-0.2, -0.15) is 5.26 Å². The van der Waals surface area contributed by atoms with Gasteiger partial charge < -0.3 is 19.1 Å². The number of aromatic carboxylic acids is 1. The number of rotatable bonds is 8. The maximum Gasteiger partial charge on any atom is 0.354 e. The maximum atomic E-state index is 15.6. The van der Waals surface area contributed by atoms with Crippen LogP contribution < -0.4 is 4.74 Å². The fraction of sp³-hybridized carbons (Fsp3) is 0.242. The van der Waals surface area contributed by atoms with Crippen LogP contribution >= 0.6 is 0 Å². The molecule has 12 heteroatoms. The van der Waals surface area contributed by atoms with E-state index in [9.17, 15) is 14.3 Å². The molecule has 0 aliphatic carbocycles. The highest BCUT2D eigenvalue weighted by Gasteiger charge is 2.39. The van der Waals surface area contributed by atoms with E-state index in [1.54, 1.807) is 16.7 Å². The van der Waals surface area contributed by atoms with E-state index in [4.69, 9.17) is 14.7 Å². The number of imidazole rings is 1. The van der Waals surface area contributed by atoms with Crippen molar-refractivity contribution in [3.63, 3.8) is 0 Å². The van der Waals surface area contributed by atoms with Gasteiger partial charge in [-0.15, -0.1) is 0 Å². The van der Waals surface area contributed by atoms with Crippen molar-refractivity contribution in [2.24, 2.45) is 5.41 Å². The van der Waals surface area contributed by atoms with Gasteiger partial charge in [0.25, 0.3) is 0 Å². The van der Waals surface area contributed by atoms with Gasteiger partial charge in [-0.05, 0) is 48.0 Å². The molecule has 0 amide bonds. The number of hydrogen-bond acceptors (Lipinski definition) is 7. The minimum absolute atomic E-state index is 0.0340. The molecule has 1 aliphatic heterocycles. The summed E-state index contributed by atoms with van der Waals surface area (Å²) in [6.07, 6.45) is -0.0961. The minimum Gasteiger partial charge on any atom is -0.477 e. The third-order valence-electron chi connectivity index (χ3n) is 7.83. The maximum absolute atomic E-state index is 15.6. The van der Waals surface area contributed by atoms with Crippen LogP contribution in [0, 0.1) is 34.2 Å². The van der Waals surface area contributed by atoms with E-state index < -0.39 is 23.4 Å². The van der Waals surface area contributed by atoms with Crippen molar-refractivity contribution >= 4 is 17.1 Å². The van der Waals surface area contributed by atoms with Gasteiger partial charge in [0, 0.05) is 29.0 Å². The SMILES string of the molecule is CC1(C)COC[C@H]1n1c(Cc2cc(F)c(-c3cccc(OCc4ccc(C#N)cc4F)n3)cc2F)nc2ccc(C(=O)O)nc21. The molecule has 0 saturated carbocycles. The van der Waals surface area contributed by atoms with Crippen molar-refractivity contribution in [1.82, 2.24) is 19.5 Å². The van der Waals surface area contributed by atoms with E-state index in [0.717, 1.165) is 18.2 Å². The number of hydrogen-bond donors (Lipinski definition) is 1. The van der Waals surface area contributed by atoms with Crippen LogP contribution in [0.3, 0.4) is 0 Å². The van der Waals surface area contributed by atoms with Crippen molar-refractivity contribution in [2.45, 2.75) is 32.9 Å². The lowest BCUT2D eigenvalue weighted by molar-refractivity contribution is 0.0690. The second-order valence-electron chi connectivity index (χ2n) is 11.4. The topological polar surface area (TPSA) is 123 Å². The summed E-state index contributed by atoms with van der Waals surface area (Å²) in [5.41, 5.74) is 0.661. The van der Waals surface area contributed by atoms with Crippen molar-refractivity contribution < 1.29 is 32.5 Å². The first kappa shape index (κ1) is 29.8. The van der Waals surface area contributed by atoms with Crippen LogP contribution in [0.5, 0.6) is 5.88 Å². The first-order valence-corrected chi connectivity index (χ1v) is 14.0. The van der Waals surface area contributed by atoms with Gasteiger partial charge in [0.1, 0.15) is 35.4 Å². The quantitative estimate of drug-likeness (QED) is 0.218. The van der Waals surface area contributed by atoms with Crippen LogP contribution in [-0.4, -0.2) is 43.8 Å². The lowest BCUT2D eigenvalue weighted by atomic mass is 9.87. The number of nitrogens with zero attached hydrogens (tertiary/aromatic N) is 5. The van der Waals surface area contributed by atoms with Crippen LogP contribution in [-0.2, 0) is 17.8 Å². The second-order valence-corrected chi connectivity index (χ2v) is 11.4. The van der Waals surface area contributed by atoms with Crippen LogP contribution in [0.4, 0.5) is 13.2 Å². The monoisotopic (exact) mass is 613 g/mol. The highest BCUT2D eigenvalue weighted by molar-refractivity contribution is 5.88. The molecule has 2 aromatic carbocycles. The normalized spacial score (nSPS) is 15.7. The van der Waals surface area contributed by atoms with Gasteiger partial charge in [-0.3, -0.25) is 0 Å².